The number of ether oxygens (including phenoxy) is 3. The molecule has 0 aromatic heterocycles. The van der Waals surface area contributed by atoms with E-state index >= 15 is 0 Å². The Balaban J connectivity index is 1.25. The minimum atomic E-state index is -0.357. The molecule has 1 unspecified atom stereocenters. The predicted molar refractivity (Wildman–Crippen MR) is 170 cm³/mol. The summed E-state index contributed by atoms with van der Waals surface area (Å²) in [4.78, 5) is 16.4. The van der Waals surface area contributed by atoms with Gasteiger partial charge >= 0.3 is 5.97 Å². The smallest absolute Gasteiger partial charge is 0.330 e. The van der Waals surface area contributed by atoms with E-state index in [4.69, 9.17) is 25.8 Å². The van der Waals surface area contributed by atoms with E-state index in [2.05, 4.69) is 64.4 Å². The topological polar surface area (TPSA) is 51.2 Å². The second kappa shape index (κ2) is 16.6. The summed E-state index contributed by atoms with van der Waals surface area (Å²) in [5.74, 6) is 0.985. The molecule has 1 atom stereocenters. The third kappa shape index (κ3) is 9.35. The van der Waals surface area contributed by atoms with Crippen molar-refractivity contribution in [3.63, 3.8) is 0 Å². The van der Waals surface area contributed by atoms with Crippen LogP contribution in [0, 0.1) is 0 Å². The van der Waals surface area contributed by atoms with Crippen LogP contribution in [0.5, 0.6) is 11.5 Å². The molecule has 7 heteroatoms. The van der Waals surface area contributed by atoms with Gasteiger partial charge in [-0.2, -0.15) is 0 Å². The highest BCUT2D eigenvalue weighted by molar-refractivity contribution is 6.30. The first-order chi connectivity index (χ1) is 20.6. The first kappa shape index (κ1) is 31.1. The first-order valence-electron chi connectivity index (χ1n) is 14.3. The third-order valence-electron chi connectivity index (χ3n) is 7.04. The van der Waals surface area contributed by atoms with Crippen molar-refractivity contribution in [1.29, 1.82) is 0 Å². The Morgan fingerprint density at radius 2 is 1.64 bits per heavy atom. The summed E-state index contributed by atoms with van der Waals surface area (Å²) in [7, 11) is 1.63. The molecule has 4 rings (SSSR count). The fourth-order valence-corrected chi connectivity index (χ4v) is 5.05. The zero-order valence-electron chi connectivity index (χ0n) is 24.3. The summed E-state index contributed by atoms with van der Waals surface area (Å²) in [6.45, 7) is 7.46. The maximum absolute atomic E-state index is 11.4. The molecule has 3 aromatic rings. The highest BCUT2D eigenvalue weighted by Crippen LogP contribution is 2.31. The van der Waals surface area contributed by atoms with Gasteiger partial charge in [-0.1, -0.05) is 90.5 Å². The van der Waals surface area contributed by atoms with E-state index in [0.29, 0.717) is 24.7 Å². The van der Waals surface area contributed by atoms with E-state index in [9.17, 15) is 4.79 Å². The molecule has 1 aliphatic rings. The number of hydrogen-bond acceptors (Lipinski definition) is 6. The number of hydrogen-bond donors (Lipinski definition) is 0. The number of allylic oxidation sites excluding steroid dienone is 2. The van der Waals surface area contributed by atoms with Gasteiger partial charge < -0.3 is 14.2 Å². The summed E-state index contributed by atoms with van der Waals surface area (Å²) >= 11 is 6.17. The zero-order chi connectivity index (χ0) is 29.6. The van der Waals surface area contributed by atoms with Crippen molar-refractivity contribution in [2.45, 2.75) is 13.0 Å². The van der Waals surface area contributed by atoms with Crippen LogP contribution in [0.1, 0.15) is 29.7 Å². The lowest BCUT2D eigenvalue weighted by Gasteiger charge is -2.39. The fraction of sp³-hybridized carbons (Fsp3) is 0.286. The molecule has 0 aliphatic carbocycles. The zero-order valence-corrected chi connectivity index (χ0v) is 25.1. The predicted octanol–water partition coefficient (Wildman–Crippen LogP) is 6.82. The molecule has 6 nitrogen and oxygen atoms in total. The Morgan fingerprint density at radius 3 is 2.36 bits per heavy atom. The number of methoxy groups -OCH3 is 1. The van der Waals surface area contributed by atoms with Gasteiger partial charge in [0, 0.05) is 43.8 Å². The molecule has 0 saturated carbocycles. The fourth-order valence-electron chi connectivity index (χ4n) is 4.93. The highest BCUT2D eigenvalue weighted by Gasteiger charge is 2.26. The van der Waals surface area contributed by atoms with Crippen LogP contribution in [0.3, 0.4) is 0 Å². The largest absolute Gasteiger partial charge is 0.493 e. The van der Waals surface area contributed by atoms with Gasteiger partial charge in [-0.3, -0.25) is 9.80 Å². The molecule has 1 saturated heterocycles. The monoisotopic (exact) mass is 586 g/mol. The van der Waals surface area contributed by atoms with Crippen LogP contribution in [0.15, 0.2) is 103 Å². The Labute approximate surface area is 254 Å². The van der Waals surface area contributed by atoms with Gasteiger partial charge in [0.05, 0.1) is 19.8 Å². The Kier molecular flexibility index (Phi) is 12.3. The second-order valence-electron chi connectivity index (χ2n) is 9.86. The van der Waals surface area contributed by atoms with Crippen molar-refractivity contribution in [2.75, 3.05) is 53.0 Å². The van der Waals surface area contributed by atoms with E-state index in [1.54, 1.807) is 26.2 Å². The number of benzene rings is 3. The van der Waals surface area contributed by atoms with Crippen molar-refractivity contribution in [1.82, 2.24) is 9.80 Å². The van der Waals surface area contributed by atoms with Gasteiger partial charge in [-0.05, 0) is 47.9 Å². The molecular formula is C35H39ClN2O4. The molecule has 1 aliphatic heterocycles. The summed E-state index contributed by atoms with van der Waals surface area (Å²) < 4.78 is 16.4. The van der Waals surface area contributed by atoms with E-state index in [1.807, 2.05) is 36.4 Å². The van der Waals surface area contributed by atoms with Crippen LogP contribution in [-0.4, -0.2) is 68.8 Å². The molecule has 0 N–H and O–H groups in total. The number of carbonyl (C=O) groups is 1. The third-order valence-corrected chi connectivity index (χ3v) is 7.30. The number of esters is 1. The quantitative estimate of drug-likeness (QED) is 0.0948. The molecule has 0 spiro atoms. The Bertz CT molecular complexity index is 1350. The van der Waals surface area contributed by atoms with Crippen molar-refractivity contribution >= 4 is 23.6 Å². The number of rotatable bonds is 13. The van der Waals surface area contributed by atoms with Crippen molar-refractivity contribution in [3.05, 3.63) is 125 Å². The standard InChI is InChI=1S/C35H39ClN2O4/c1-3-41-34(39)14-8-7-11-28-15-20-32(33(27-28)40-2)42-26-10-9-21-37-22-24-38(25-23-37)35(29-12-5-4-6-13-29)30-16-18-31(36)19-17-30/h4-20,27,35H,3,21-26H2,1-2H3. The number of nitrogens with zero attached hydrogens (tertiary/aromatic N) is 2. The lowest BCUT2D eigenvalue weighted by atomic mass is 9.96. The van der Waals surface area contributed by atoms with E-state index in [1.165, 1.54) is 17.2 Å². The van der Waals surface area contributed by atoms with Gasteiger partial charge in [-0.25, -0.2) is 4.79 Å². The molecule has 3 aromatic carbocycles. The van der Waals surface area contributed by atoms with Crippen LogP contribution in [0.2, 0.25) is 5.02 Å². The number of piperazine rings is 1. The van der Waals surface area contributed by atoms with Crippen molar-refractivity contribution in [3.8, 4) is 11.5 Å². The van der Waals surface area contributed by atoms with E-state index in [0.717, 1.165) is 43.3 Å². The van der Waals surface area contributed by atoms with Crippen LogP contribution in [-0.2, 0) is 9.53 Å². The number of carbonyl (C=O) groups excluding carboxylic acids is 1. The van der Waals surface area contributed by atoms with Crippen LogP contribution >= 0.6 is 11.6 Å². The SMILES string of the molecule is CCOC(=O)C=CC=Cc1ccc(OCC=CCN2CCN(C(c3ccccc3)c3ccc(Cl)cc3)CC2)c(OC)c1. The molecule has 1 fully saturated rings. The van der Waals surface area contributed by atoms with Gasteiger partial charge in [0.1, 0.15) is 6.61 Å². The minimum Gasteiger partial charge on any atom is -0.493 e. The lowest BCUT2D eigenvalue weighted by Crippen LogP contribution is -2.47. The normalized spacial score (nSPS) is 15.4. The Hall–Kier alpha value is -3.84. The lowest BCUT2D eigenvalue weighted by molar-refractivity contribution is -0.137. The maximum atomic E-state index is 11.4. The van der Waals surface area contributed by atoms with Crippen LogP contribution < -0.4 is 9.47 Å². The van der Waals surface area contributed by atoms with Crippen LogP contribution in [0.4, 0.5) is 0 Å². The van der Waals surface area contributed by atoms with Crippen molar-refractivity contribution < 1.29 is 19.0 Å². The molecule has 1 heterocycles. The minimum absolute atomic E-state index is 0.215. The second-order valence-corrected chi connectivity index (χ2v) is 10.3. The molecule has 0 amide bonds. The molecule has 42 heavy (non-hydrogen) atoms. The molecular weight excluding hydrogens is 548 g/mol. The Morgan fingerprint density at radius 1 is 0.905 bits per heavy atom. The summed E-state index contributed by atoms with van der Waals surface area (Å²) in [5, 5.41) is 0.760. The van der Waals surface area contributed by atoms with Crippen molar-refractivity contribution in [2.24, 2.45) is 0 Å². The first-order valence-corrected chi connectivity index (χ1v) is 14.7. The van der Waals surface area contributed by atoms with Crippen LogP contribution in [0.25, 0.3) is 6.08 Å². The summed E-state index contributed by atoms with van der Waals surface area (Å²) in [5.41, 5.74) is 3.50. The highest BCUT2D eigenvalue weighted by atomic mass is 35.5. The molecule has 220 valence electrons. The average Bonchev–Trinajstić information content (AvgIpc) is 3.02. The van der Waals surface area contributed by atoms with Gasteiger partial charge in [0.25, 0.3) is 0 Å². The van der Waals surface area contributed by atoms with E-state index in [-0.39, 0.29) is 12.0 Å². The maximum Gasteiger partial charge on any atom is 0.330 e. The molecule has 0 bridgehead atoms. The number of halogens is 1. The van der Waals surface area contributed by atoms with Gasteiger partial charge in [0.2, 0.25) is 0 Å². The van der Waals surface area contributed by atoms with Gasteiger partial charge in [0.15, 0.2) is 11.5 Å². The molecule has 0 radical (unpaired) electrons. The summed E-state index contributed by atoms with van der Waals surface area (Å²) in [6.07, 6.45) is 10.9. The van der Waals surface area contributed by atoms with E-state index < -0.39 is 0 Å². The average molecular weight is 587 g/mol. The summed E-state index contributed by atoms with van der Waals surface area (Å²) in [6, 6.07) is 24.9. The van der Waals surface area contributed by atoms with Gasteiger partial charge in [-0.15, -0.1) is 0 Å².